The van der Waals surface area contributed by atoms with Gasteiger partial charge in [0.2, 0.25) is 0 Å². The number of hydrogen-bond acceptors (Lipinski definition) is 0. The summed E-state index contributed by atoms with van der Waals surface area (Å²) in [6.07, 6.45) is 0. The summed E-state index contributed by atoms with van der Waals surface area (Å²) in [5.74, 6) is 0. The second kappa shape index (κ2) is 0. The highest BCUT2D eigenvalue weighted by molar-refractivity contribution is 2.52. The summed E-state index contributed by atoms with van der Waals surface area (Å²) >= 11 is 0. The van der Waals surface area contributed by atoms with Gasteiger partial charge in [0, 0.05) is 0 Å². The van der Waals surface area contributed by atoms with E-state index in [2.05, 4.69) is 0 Å². The van der Waals surface area contributed by atoms with Crippen molar-refractivity contribution in [2.45, 2.75) is 104 Å². The zero-order valence-electron chi connectivity index (χ0n) is 0. The van der Waals surface area contributed by atoms with E-state index in [0.717, 1.165) is 0 Å². The quantitative estimate of drug-likeness (QED) is 0.385. The Morgan fingerprint density at radius 1 is 0.0714 bits per heavy atom. The van der Waals surface area contributed by atoms with Gasteiger partial charge in [0.25, 0.3) is 0 Å². The molecule has 14 heavy (non-hydrogen) atoms. The van der Waals surface area contributed by atoms with Gasteiger partial charge in [0.1, 0.15) is 0 Å². The highest BCUT2D eigenvalue weighted by Crippen LogP contribution is 0.157. The molecule has 0 heteroatoms. The van der Waals surface area contributed by atoms with Crippen LogP contribution in [0.25, 0.3) is 0 Å². The van der Waals surface area contributed by atoms with E-state index in [1.807, 2.05) is 0 Å². The maximum atomic E-state index is 0. The molecule has 0 aromatic heterocycles. The highest BCUT2D eigenvalue weighted by atomic mass is 12.0. The van der Waals surface area contributed by atoms with Crippen LogP contribution in [0.1, 0.15) is 104 Å². The van der Waals surface area contributed by atoms with Crippen molar-refractivity contribution in [3.8, 4) is 0 Å². The average Bonchev–Trinajstić information content (AvgIpc) is 0. The number of rotatable bonds is 0. The molecule has 0 N–H and O–H groups in total. The lowest BCUT2D eigenvalue weighted by atomic mass is 12.0. The zero-order chi connectivity index (χ0) is 0. The normalized spacial score (nSPS) is 0. The minimum absolute atomic E-state index is 0. The van der Waals surface area contributed by atoms with Crippen LogP contribution in [0.4, 0.5) is 0 Å². The van der Waals surface area contributed by atoms with E-state index in [9.17, 15) is 0 Å². The Hall–Kier alpha value is 0. The van der Waals surface area contributed by atoms with E-state index < -0.39 is 0 Å². The summed E-state index contributed by atoms with van der Waals surface area (Å²) < 4.78 is 0. The first kappa shape index (κ1) is 0. The Kier molecular flexibility index (Phi) is 0. The van der Waals surface area contributed by atoms with Gasteiger partial charge in [-0.3, -0.25) is 0 Å². The first-order valence-corrected chi connectivity index (χ1v) is 0. The molecule has 0 heterocycles. The van der Waals surface area contributed by atoms with Crippen molar-refractivity contribution in [2.24, 2.45) is 0 Å². The Labute approximate surface area is 105 Å². The summed E-state index contributed by atoms with van der Waals surface area (Å²) in [4.78, 5) is 0. The zero-order valence-corrected chi connectivity index (χ0v) is 0. The molecule has 0 radical (unpaired) electrons. The molecule has 112 valence electrons. The molecule has 0 aromatic carbocycles. The predicted octanol–water partition coefficient (Wildman–Crippen LogP) is 8.91. The molecule has 0 bridgehead atoms. The van der Waals surface area contributed by atoms with Crippen LogP contribution >= 0.6 is 0 Å². The van der Waals surface area contributed by atoms with E-state index in [4.69, 9.17) is 0 Å². The van der Waals surface area contributed by atoms with Crippen LogP contribution in [0.15, 0.2) is 0 Å². The van der Waals surface area contributed by atoms with Gasteiger partial charge in [-0.1, -0.05) is 104 Å². The highest BCUT2D eigenvalue weighted by Gasteiger charge is -0.0646. The maximum absolute atomic E-state index is 0. The third kappa shape index (κ3) is 0. The van der Waals surface area contributed by atoms with Crippen molar-refractivity contribution in [3.63, 3.8) is 0 Å². The van der Waals surface area contributed by atoms with E-state index in [0.29, 0.717) is 0 Å². The van der Waals surface area contributed by atoms with Gasteiger partial charge in [0.05, 0.1) is 0 Å². The molecule has 0 unspecified atom stereocenters. The van der Waals surface area contributed by atoms with Gasteiger partial charge in [-0.25, -0.2) is 0 Å². The monoisotopic (exact) mass is 224 g/mol. The molecule has 0 nitrogen and oxygen atoms in total. The summed E-state index contributed by atoms with van der Waals surface area (Å²) in [6, 6.07) is 0. The molecular weight excluding hydrogens is 168 g/mol. The van der Waals surface area contributed by atoms with Crippen molar-refractivity contribution in [2.75, 3.05) is 0 Å². The van der Waals surface area contributed by atoms with Crippen LogP contribution in [-0.4, -0.2) is 0 Å². The molecule has 0 amide bonds. The van der Waals surface area contributed by atoms with Crippen LogP contribution in [0.2, 0.25) is 0 Å². The fourth-order valence-corrected chi connectivity index (χ4v) is 0. The van der Waals surface area contributed by atoms with Crippen molar-refractivity contribution >= 4 is 0 Å². The first-order valence-electron chi connectivity index (χ1n) is 0. The SMILES string of the molecule is C.C.C.C.C.C.C.C.C.C.C.C.C.C. The second-order valence-electron chi connectivity index (χ2n) is 0. The van der Waals surface area contributed by atoms with Crippen LogP contribution < -0.4 is 0 Å². The molecule has 0 aliphatic rings. The van der Waals surface area contributed by atoms with E-state index in [1.54, 1.807) is 0 Å². The summed E-state index contributed by atoms with van der Waals surface area (Å²) in [5.41, 5.74) is 0. The van der Waals surface area contributed by atoms with Gasteiger partial charge in [0.15, 0.2) is 0 Å². The topological polar surface area (TPSA) is 0 Å². The molecular formula is C14H56. The van der Waals surface area contributed by atoms with Crippen LogP contribution in [0, 0.1) is 0 Å². The van der Waals surface area contributed by atoms with Crippen molar-refractivity contribution < 1.29 is 0 Å². The van der Waals surface area contributed by atoms with E-state index in [-0.39, 0.29) is 104 Å². The Morgan fingerprint density at radius 2 is 0.0714 bits per heavy atom. The van der Waals surface area contributed by atoms with Crippen LogP contribution in [0.5, 0.6) is 0 Å². The summed E-state index contributed by atoms with van der Waals surface area (Å²) in [6.45, 7) is 0. The number of hydrogen-bond donors (Lipinski definition) is 0. The molecule has 0 saturated carbocycles. The summed E-state index contributed by atoms with van der Waals surface area (Å²) in [7, 11) is 0. The fraction of sp³-hybridized carbons (Fsp3) is 1.00. The van der Waals surface area contributed by atoms with Gasteiger partial charge < -0.3 is 0 Å². The minimum Gasteiger partial charge on any atom is -0.0776 e. The molecule has 0 saturated heterocycles. The third-order valence-electron chi connectivity index (χ3n) is 0. The molecule has 0 aliphatic carbocycles. The van der Waals surface area contributed by atoms with Gasteiger partial charge in [-0.15, -0.1) is 0 Å². The van der Waals surface area contributed by atoms with Gasteiger partial charge in [-0.2, -0.15) is 0 Å². The standard InChI is InChI=1S/14CH4/h14*1H4. The largest absolute Gasteiger partial charge is 0.0776 e. The molecule has 0 aliphatic heterocycles. The second-order valence-corrected chi connectivity index (χ2v) is 0. The Morgan fingerprint density at radius 3 is 0.0714 bits per heavy atom. The summed E-state index contributed by atoms with van der Waals surface area (Å²) in [5, 5.41) is 0. The maximum Gasteiger partial charge on any atom is -0.0776 e. The van der Waals surface area contributed by atoms with Crippen molar-refractivity contribution in [1.82, 2.24) is 0 Å². The van der Waals surface area contributed by atoms with Crippen LogP contribution in [-0.2, 0) is 0 Å². The van der Waals surface area contributed by atoms with Crippen molar-refractivity contribution in [3.05, 3.63) is 0 Å². The lowest BCUT2D eigenvalue weighted by Crippen LogP contribution is 0.143. The average molecular weight is 225 g/mol. The molecule has 0 aromatic rings. The molecule has 0 atom stereocenters. The van der Waals surface area contributed by atoms with E-state index in [1.165, 1.54) is 0 Å². The van der Waals surface area contributed by atoms with Crippen molar-refractivity contribution in [1.29, 1.82) is 0 Å². The lowest BCUT2D eigenvalue weighted by Gasteiger charge is -0.0786. The minimum atomic E-state index is 0. The molecule has 0 spiro atoms. The van der Waals surface area contributed by atoms with Crippen LogP contribution in [0.3, 0.4) is 0 Å². The molecule has 0 fully saturated rings. The Bertz CT molecular complexity index is 0. The fourth-order valence-electron chi connectivity index (χ4n) is 0. The third-order valence-corrected chi connectivity index (χ3v) is 0. The van der Waals surface area contributed by atoms with E-state index >= 15 is 0 Å². The predicted molar refractivity (Wildman–Crippen MR) is 94.2 cm³/mol. The smallest absolute Gasteiger partial charge is 0.0776 e. The van der Waals surface area contributed by atoms with Gasteiger partial charge >= 0.3 is 0 Å². The molecule has 0 rings (SSSR count). The first-order chi connectivity index (χ1) is 0. The lowest BCUT2D eigenvalue weighted by molar-refractivity contribution is 2.50. The van der Waals surface area contributed by atoms with Gasteiger partial charge in [-0.05, 0) is 0 Å². The Balaban J connectivity index is 0.